The predicted molar refractivity (Wildman–Crippen MR) is 53.1 cm³/mol. The first-order chi connectivity index (χ1) is 4.16. The third kappa shape index (κ3) is 6.82. The Labute approximate surface area is 82.0 Å². The number of ether oxygens (including phenoxy) is 1. The summed E-state index contributed by atoms with van der Waals surface area (Å²) in [5.41, 5.74) is 0. The van der Waals surface area contributed by atoms with E-state index in [0.717, 1.165) is 6.42 Å². The van der Waals surface area contributed by atoms with Gasteiger partial charge in [-0.25, -0.2) is 0 Å². The van der Waals surface area contributed by atoms with Gasteiger partial charge in [0.2, 0.25) is 0 Å². The van der Waals surface area contributed by atoms with E-state index in [-0.39, 0.29) is 5.97 Å². The molecule has 0 aliphatic rings. The van der Waals surface area contributed by atoms with Crippen molar-refractivity contribution in [2.45, 2.75) is 14.8 Å². The van der Waals surface area contributed by atoms with E-state index in [1.807, 2.05) is 0 Å². The average molecular weight is 354 g/mol. The van der Waals surface area contributed by atoms with E-state index in [1.165, 1.54) is 7.11 Å². The molecule has 4 heteroatoms. The summed E-state index contributed by atoms with van der Waals surface area (Å²) in [7, 11) is 1.41. The minimum Gasteiger partial charge on any atom is -0.469 e. The summed E-state index contributed by atoms with van der Waals surface area (Å²) in [6.07, 6.45) is 1.43. The molecule has 0 atom stereocenters. The molecule has 0 amide bonds. The second-order valence-corrected chi connectivity index (χ2v) is 6.90. The van der Waals surface area contributed by atoms with Crippen LogP contribution in [-0.4, -0.2) is 15.0 Å². The minimum absolute atomic E-state index is 0.117. The molecule has 0 N–H and O–H groups in total. The Morgan fingerprint density at radius 1 is 1.67 bits per heavy atom. The Morgan fingerprint density at radius 3 is 2.56 bits per heavy atom. The van der Waals surface area contributed by atoms with Gasteiger partial charge in [0.1, 0.15) is 0 Å². The second-order valence-electron chi connectivity index (χ2n) is 1.51. The third-order valence-corrected chi connectivity index (χ3v) is 2.04. The van der Waals surface area contributed by atoms with E-state index in [1.54, 1.807) is 0 Å². The van der Waals surface area contributed by atoms with E-state index >= 15 is 0 Å². The van der Waals surface area contributed by atoms with Crippen LogP contribution in [0.4, 0.5) is 0 Å². The normalized spacial score (nSPS) is 9.78. The average Bonchev–Trinajstić information content (AvgIpc) is 1.83. The lowest BCUT2D eigenvalue weighted by Gasteiger charge is -1.98. The number of carbonyl (C=O) groups excluding carboxylic acids is 1. The number of methoxy groups -OCH3 is 1. The fourth-order valence-corrected chi connectivity index (χ4v) is 0.952. The minimum atomic E-state index is -0.117. The van der Waals surface area contributed by atoms with Crippen molar-refractivity contribution in [2.75, 3.05) is 7.11 Å². The Morgan fingerprint density at radius 2 is 2.22 bits per heavy atom. The maximum absolute atomic E-state index is 10.5. The van der Waals surface area contributed by atoms with Gasteiger partial charge in [-0.2, -0.15) is 0 Å². The van der Waals surface area contributed by atoms with Gasteiger partial charge in [0.25, 0.3) is 0 Å². The third-order valence-electron chi connectivity index (χ3n) is 0.794. The van der Waals surface area contributed by atoms with Crippen LogP contribution >= 0.6 is 45.2 Å². The Balaban J connectivity index is 3.17. The van der Waals surface area contributed by atoms with Crippen LogP contribution in [0.3, 0.4) is 0 Å². The molecule has 0 fully saturated rings. The molecule has 0 heterocycles. The molecule has 0 saturated carbocycles. The largest absolute Gasteiger partial charge is 0.469 e. The Kier molecular flexibility index (Phi) is 6.28. The molecule has 0 bridgehead atoms. The summed E-state index contributed by atoms with van der Waals surface area (Å²) < 4.78 is 4.98. The summed E-state index contributed by atoms with van der Waals surface area (Å²) in [6, 6.07) is 0. The first-order valence-electron chi connectivity index (χ1n) is 2.51. The first kappa shape index (κ1) is 9.93. The van der Waals surface area contributed by atoms with E-state index in [4.69, 9.17) is 0 Å². The number of hydrogen-bond acceptors (Lipinski definition) is 2. The molecule has 0 aliphatic carbocycles. The van der Waals surface area contributed by atoms with Gasteiger partial charge >= 0.3 is 5.97 Å². The van der Waals surface area contributed by atoms with Crippen molar-refractivity contribution in [1.82, 2.24) is 0 Å². The lowest BCUT2D eigenvalue weighted by molar-refractivity contribution is -0.140. The first-order valence-corrected chi connectivity index (χ1v) is 5.01. The van der Waals surface area contributed by atoms with Crippen LogP contribution in [0.25, 0.3) is 0 Å². The number of halogens is 2. The second kappa shape index (κ2) is 5.70. The van der Waals surface area contributed by atoms with Crippen LogP contribution in [0.1, 0.15) is 12.8 Å². The predicted octanol–water partition coefficient (Wildman–Crippen LogP) is 2.14. The van der Waals surface area contributed by atoms with E-state index in [9.17, 15) is 4.79 Å². The van der Waals surface area contributed by atoms with Gasteiger partial charge in [-0.05, 0) is 6.42 Å². The van der Waals surface area contributed by atoms with Gasteiger partial charge in [0.15, 0.2) is 0 Å². The van der Waals surface area contributed by atoms with Gasteiger partial charge in [0, 0.05) is 6.42 Å². The molecule has 0 rings (SSSR count). The quantitative estimate of drug-likeness (QED) is 0.441. The van der Waals surface area contributed by atoms with Crippen molar-refractivity contribution < 1.29 is 9.53 Å². The van der Waals surface area contributed by atoms with Crippen LogP contribution < -0.4 is 0 Å². The Bertz CT molecular complexity index is 93.0. The zero-order valence-electron chi connectivity index (χ0n) is 5.06. The molecule has 0 radical (unpaired) electrons. The Hall–Kier alpha value is 0.930. The summed E-state index contributed by atoms with van der Waals surface area (Å²) in [5.74, 6) is -0.117. The fraction of sp³-hybridized carbons (Fsp3) is 0.800. The molecule has 2 nitrogen and oxygen atoms in total. The van der Waals surface area contributed by atoms with Crippen molar-refractivity contribution >= 4 is 51.2 Å². The summed E-state index contributed by atoms with van der Waals surface area (Å²) >= 11 is 4.54. The van der Waals surface area contributed by atoms with Gasteiger partial charge in [-0.3, -0.25) is 4.79 Å². The van der Waals surface area contributed by atoms with Crippen LogP contribution in [0.2, 0.25) is 0 Å². The van der Waals surface area contributed by atoms with Crippen molar-refractivity contribution in [2.24, 2.45) is 0 Å². The maximum atomic E-state index is 10.5. The van der Waals surface area contributed by atoms with Crippen LogP contribution in [0, 0.1) is 0 Å². The molecule has 0 unspecified atom stereocenters. The highest BCUT2D eigenvalue weighted by Crippen LogP contribution is 2.15. The van der Waals surface area contributed by atoms with Crippen molar-refractivity contribution in [3.8, 4) is 0 Å². The van der Waals surface area contributed by atoms with Gasteiger partial charge in [-0.1, -0.05) is 45.2 Å². The number of rotatable bonds is 3. The van der Waals surface area contributed by atoms with Gasteiger partial charge in [-0.15, -0.1) is 0 Å². The highest BCUT2D eigenvalue weighted by atomic mass is 127. The summed E-state index contributed by atoms with van der Waals surface area (Å²) in [5, 5.41) is 0. The smallest absolute Gasteiger partial charge is 0.305 e. The zero-order valence-corrected chi connectivity index (χ0v) is 9.38. The fourth-order valence-electron chi connectivity index (χ4n) is 0.329. The van der Waals surface area contributed by atoms with E-state index in [0.29, 0.717) is 8.35 Å². The standard InChI is InChI=1S/C5H8I2O2/c1-9-5(8)3-2-4(6)7/h4H,2-3H2,1H3. The van der Waals surface area contributed by atoms with Gasteiger partial charge in [0.05, 0.1) is 9.04 Å². The molecule has 0 aromatic heterocycles. The van der Waals surface area contributed by atoms with Crippen molar-refractivity contribution in [1.29, 1.82) is 0 Å². The molecular formula is C5H8I2O2. The van der Waals surface area contributed by atoms with Crippen LogP contribution in [0.5, 0.6) is 0 Å². The lowest BCUT2D eigenvalue weighted by atomic mass is 10.3. The molecule has 0 aromatic carbocycles. The lowest BCUT2D eigenvalue weighted by Crippen LogP contribution is -2.01. The molecule has 0 aliphatic heterocycles. The molecule has 54 valence electrons. The SMILES string of the molecule is COC(=O)CCC(I)I. The molecule has 0 aromatic rings. The number of esters is 1. The number of alkyl halides is 2. The van der Waals surface area contributed by atoms with Crippen LogP contribution in [-0.2, 0) is 9.53 Å². The van der Waals surface area contributed by atoms with Gasteiger partial charge < -0.3 is 4.74 Å². The van der Waals surface area contributed by atoms with Crippen LogP contribution in [0.15, 0.2) is 0 Å². The van der Waals surface area contributed by atoms with E-state index < -0.39 is 0 Å². The molecule has 0 spiro atoms. The maximum Gasteiger partial charge on any atom is 0.305 e. The zero-order chi connectivity index (χ0) is 7.28. The summed E-state index contributed by atoms with van der Waals surface area (Å²) in [6.45, 7) is 0. The van der Waals surface area contributed by atoms with E-state index in [2.05, 4.69) is 49.9 Å². The van der Waals surface area contributed by atoms with Crippen molar-refractivity contribution in [3.05, 3.63) is 0 Å². The molecule has 0 saturated heterocycles. The number of carbonyl (C=O) groups is 1. The molecule has 9 heavy (non-hydrogen) atoms. The monoisotopic (exact) mass is 354 g/mol. The highest BCUT2D eigenvalue weighted by molar-refractivity contribution is 14.2. The summed E-state index contributed by atoms with van der Waals surface area (Å²) in [4.78, 5) is 10.5. The topological polar surface area (TPSA) is 26.3 Å². The highest BCUT2D eigenvalue weighted by Gasteiger charge is 2.02. The van der Waals surface area contributed by atoms with Crippen molar-refractivity contribution in [3.63, 3.8) is 0 Å². The number of hydrogen-bond donors (Lipinski definition) is 0. The molecular weight excluding hydrogens is 346 g/mol.